The van der Waals surface area contributed by atoms with Crippen molar-refractivity contribution in [2.75, 3.05) is 26.6 Å². The van der Waals surface area contributed by atoms with E-state index in [0.717, 1.165) is 5.56 Å². The molecule has 0 saturated heterocycles. The van der Waals surface area contributed by atoms with Crippen molar-refractivity contribution >= 4 is 11.9 Å². The number of carbonyl (C=O) groups excluding carboxylic acids is 1. The van der Waals surface area contributed by atoms with Crippen LogP contribution in [-0.2, 0) is 11.2 Å². The molecule has 0 unspecified atom stereocenters. The minimum atomic E-state index is -0.276. The first-order valence-electron chi connectivity index (χ1n) is 8.11. The van der Waals surface area contributed by atoms with E-state index in [-0.39, 0.29) is 24.2 Å². The Bertz CT molecular complexity index is 916. The Morgan fingerprint density at radius 1 is 0.963 bits per heavy atom. The van der Waals surface area contributed by atoms with Crippen LogP contribution in [0.1, 0.15) is 5.56 Å². The number of ether oxygens (including phenoxy) is 3. The Morgan fingerprint density at radius 3 is 2.33 bits per heavy atom. The number of hydrogen-bond acceptors (Lipinski definition) is 7. The van der Waals surface area contributed by atoms with E-state index in [1.807, 2.05) is 18.2 Å². The summed E-state index contributed by atoms with van der Waals surface area (Å²) >= 11 is 0. The van der Waals surface area contributed by atoms with Gasteiger partial charge in [0.05, 0.1) is 27.8 Å². The fourth-order valence-corrected chi connectivity index (χ4v) is 2.45. The van der Waals surface area contributed by atoms with E-state index in [0.29, 0.717) is 22.8 Å². The molecule has 0 bridgehead atoms. The number of carbonyl (C=O) groups is 1. The second-order valence-corrected chi connectivity index (χ2v) is 5.59. The van der Waals surface area contributed by atoms with Gasteiger partial charge in [-0.3, -0.25) is 10.1 Å². The first-order valence-corrected chi connectivity index (χ1v) is 8.11. The quantitative estimate of drug-likeness (QED) is 0.684. The average Bonchev–Trinajstić information content (AvgIpc) is 3.15. The van der Waals surface area contributed by atoms with Gasteiger partial charge in [-0.25, -0.2) is 0 Å². The van der Waals surface area contributed by atoms with E-state index in [2.05, 4.69) is 15.5 Å². The standard InChI is InChI=1S/C19H19N3O5/c1-24-14-6-4-5-12(7-14)8-17(23)20-19-22-21-18(27-19)13-9-15(25-2)11-16(10-13)26-3/h4-7,9-11H,8H2,1-3H3,(H,20,22,23). The van der Waals surface area contributed by atoms with E-state index in [4.69, 9.17) is 18.6 Å². The van der Waals surface area contributed by atoms with Crippen molar-refractivity contribution in [3.8, 4) is 28.7 Å². The highest BCUT2D eigenvalue weighted by atomic mass is 16.5. The SMILES string of the molecule is COc1cccc(CC(=O)Nc2nnc(-c3cc(OC)cc(OC)c3)o2)c1. The number of anilines is 1. The van der Waals surface area contributed by atoms with Gasteiger partial charge >= 0.3 is 6.01 Å². The number of benzene rings is 2. The number of amides is 1. The molecule has 27 heavy (non-hydrogen) atoms. The van der Waals surface area contributed by atoms with Gasteiger partial charge in [0.15, 0.2) is 0 Å². The van der Waals surface area contributed by atoms with Crippen molar-refractivity contribution in [2.45, 2.75) is 6.42 Å². The van der Waals surface area contributed by atoms with E-state index >= 15 is 0 Å². The lowest BCUT2D eigenvalue weighted by atomic mass is 10.1. The molecule has 3 aromatic rings. The summed E-state index contributed by atoms with van der Waals surface area (Å²) in [6.45, 7) is 0. The van der Waals surface area contributed by atoms with Gasteiger partial charge in [0.2, 0.25) is 11.8 Å². The summed E-state index contributed by atoms with van der Waals surface area (Å²) in [7, 11) is 4.68. The summed E-state index contributed by atoms with van der Waals surface area (Å²) in [5, 5.41) is 10.4. The van der Waals surface area contributed by atoms with Gasteiger partial charge in [-0.05, 0) is 29.8 Å². The van der Waals surface area contributed by atoms with Gasteiger partial charge in [0, 0.05) is 11.6 Å². The Balaban J connectivity index is 1.71. The monoisotopic (exact) mass is 369 g/mol. The third-order valence-electron chi connectivity index (χ3n) is 3.77. The zero-order chi connectivity index (χ0) is 19.2. The summed E-state index contributed by atoms with van der Waals surface area (Å²) in [6.07, 6.45) is 0.155. The lowest BCUT2D eigenvalue weighted by Crippen LogP contribution is -2.14. The highest BCUT2D eigenvalue weighted by Crippen LogP contribution is 2.29. The van der Waals surface area contributed by atoms with Crippen LogP contribution in [0.15, 0.2) is 46.9 Å². The van der Waals surface area contributed by atoms with E-state index in [1.54, 1.807) is 45.6 Å². The van der Waals surface area contributed by atoms with Crippen LogP contribution < -0.4 is 19.5 Å². The first kappa shape index (κ1) is 18.2. The van der Waals surface area contributed by atoms with Crippen molar-refractivity contribution in [3.05, 3.63) is 48.0 Å². The van der Waals surface area contributed by atoms with Gasteiger partial charge in [-0.2, -0.15) is 0 Å². The normalized spacial score (nSPS) is 10.3. The molecule has 1 aromatic heterocycles. The maximum atomic E-state index is 12.2. The summed E-state index contributed by atoms with van der Waals surface area (Å²) in [4.78, 5) is 12.2. The summed E-state index contributed by atoms with van der Waals surface area (Å²) in [6, 6.07) is 12.5. The molecule has 0 aliphatic rings. The third-order valence-corrected chi connectivity index (χ3v) is 3.77. The molecule has 0 radical (unpaired) electrons. The summed E-state index contributed by atoms with van der Waals surface area (Å²) in [5.41, 5.74) is 1.43. The molecule has 1 N–H and O–H groups in total. The van der Waals surface area contributed by atoms with E-state index < -0.39 is 0 Å². The molecule has 3 rings (SSSR count). The molecule has 0 aliphatic heterocycles. The molecular formula is C19H19N3O5. The molecule has 0 saturated carbocycles. The van der Waals surface area contributed by atoms with Crippen molar-refractivity contribution in [3.63, 3.8) is 0 Å². The van der Waals surface area contributed by atoms with Crippen molar-refractivity contribution < 1.29 is 23.4 Å². The minimum Gasteiger partial charge on any atom is -0.497 e. The zero-order valence-corrected chi connectivity index (χ0v) is 15.2. The highest BCUT2D eigenvalue weighted by Gasteiger charge is 2.14. The smallest absolute Gasteiger partial charge is 0.322 e. The van der Waals surface area contributed by atoms with Crippen LogP contribution in [0.3, 0.4) is 0 Å². The molecule has 0 spiro atoms. The maximum absolute atomic E-state index is 12.2. The Labute approximate surface area is 156 Å². The largest absolute Gasteiger partial charge is 0.497 e. The number of aromatic nitrogens is 2. The van der Waals surface area contributed by atoms with E-state index in [1.165, 1.54) is 0 Å². The van der Waals surface area contributed by atoms with Crippen LogP contribution in [0.2, 0.25) is 0 Å². The first-order chi connectivity index (χ1) is 13.1. The second kappa shape index (κ2) is 8.22. The second-order valence-electron chi connectivity index (χ2n) is 5.59. The molecule has 0 atom stereocenters. The lowest BCUT2D eigenvalue weighted by Gasteiger charge is -2.06. The molecule has 1 heterocycles. The summed E-state index contributed by atoms with van der Waals surface area (Å²) < 4.78 is 21.1. The van der Waals surface area contributed by atoms with Crippen molar-refractivity contribution in [1.29, 1.82) is 0 Å². The molecule has 2 aromatic carbocycles. The fourth-order valence-electron chi connectivity index (χ4n) is 2.45. The Morgan fingerprint density at radius 2 is 1.67 bits per heavy atom. The number of nitrogens with one attached hydrogen (secondary N) is 1. The minimum absolute atomic E-state index is 0.0136. The van der Waals surface area contributed by atoms with Crippen molar-refractivity contribution in [1.82, 2.24) is 10.2 Å². The van der Waals surface area contributed by atoms with Gasteiger partial charge in [-0.15, -0.1) is 5.10 Å². The molecule has 0 aliphatic carbocycles. The number of methoxy groups -OCH3 is 3. The van der Waals surface area contributed by atoms with Crippen LogP contribution in [0.5, 0.6) is 17.2 Å². The Kier molecular flexibility index (Phi) is 5.55. The van der Waals surface area contributed by atoms with Gasteiger partial charge < -0.3 is 18.6 Å². The predicted octanol–water partition coefficient (Wildman–Crippen LogP) is 2.94. The van der Waals surface area contributed by atoms with Gasteiger partial charge in [0.25, 0.3) is 0 Å². The lowest BCUT2D eigenvalue weighted by molar-refractivity contribution is -0.115. The molecule has 1 amide bonds. The predicted molar refractivity (Wildman–Crippen MR) is 98.2 cm³/mol. The number of nitrogens with zero attached hydrogens (tertiary/aromatic N) is 2. The van der Waals surface area contributed by atoms with Gasteiger partial charge in [-0.1, -0.05) is 17.2 Å². The zero-order valence-electron chi connectivity index (χ0n) is 15.2. The summed E-state index contributed by atoms with van der Waals surface area (Å²) in [5.74, 6) is 1.83. The molecule has 8 nitrogen and oxygen atoms in total. The number of rotatable bonds is 7. The Hall–Kier alpha value is -3.55. The number of hydrogen-bond donors (Lipinski definition) is 1. The van der Waals surface area contributed by atoms with Crippen LogP contribution in [0.4, 0.5) is 6.01 Å². The van der Waals surface area contributed by atoms with Crippen LogP contribution in [-0.4, -0.2) is 37.4 Å². The maximum Gasteiger partial charge on any atom is 0.322 e. The molecule has 0 fully saturated rings. The molecule has 140 valence electrons. The highest BCUT2D eigenvalue weighted by molar-refractivity contribution is 5.90. The van der Waals surface area contributed by atoms with Crippen molar-refractivity contribution in [2.24, 2.45) is 0 Å². The van der Waals surface area contributed by atoms with E-state index in [9.17, 15) is 4.79 Å². The topological polar surface area (TPSA) is 95.7 Å². The third kappa shape index (κ3) is 4.55. The van der Waals surface area contributed by atoms with Crippen LogP contribution >= 0.6 is 0 Å². The fraction of sp³-hybridized carbons (Fsp3) is 0.211. The molecule has 8 heteroatoms. The van der Waals surface area contributed by atoms with Gasteiger partial charge in [0.1, 0.15) is 17.2 Å². The molecular weight excluding hydrogens is 350 g/mol. The van der Waals surface area contributed by atoms with Crippen LogP contribution in [0, 0.1) is 0 Å². The average molecular weight is 369 g/mol. The van der Waals surface area contributed by atoms with Crippen LogP contribution in [0.25, 0.3) is 11.5 Å².